The average Bonchev–Trinajstić information content (AvgIpc) is 3.96. The standard InChI is InChI=1S/C55H69N5O8S/c1-7-47(41-14-10-8-11-15-41)52(42-16-12-9-13-17-42)43-22-24-46(25-23-43)68-27-26-59(6)51(63)37-67-31-29-65-28-30-66-36-50(62)58-49(55(3,4)5)35-60-34-45(61)32-48(60)54(64)56-33-40-18-20-44(21-19-40)53-39(2)57-38-69-53/h8-25,38,45,48-49,61H,7,26-37H2,1-6H3,(H,56,64)(H,58,62)/b52-47-/t45-,48+,49-/m1/s1. The molecule has 0 unspecified atom stereocenters. The van der Waals surface area contributed by atoms with Gasteiger partial charge in [0.2, 0.25) is 17.7 Å². The molecule has 0 radical (unpaired) electrons. The van der Waals surface area contributed by atoms with Gasteiger partial charge >= 0.3 is 0 Å². The number of rotatable bonds is 25. The van der Waals surface area contributed by atoms with Gasteiger partial charge in [0.1, 0.15) is 25.6 Å². The van der Waals surface area contributed by atoms with Crippen molar-refractivity contribution in [1.29, 1.82) is 0 Å². The molecule has 5 aromatic rings. The quantitative estimate of drug-likeness (QED) is 0.0393. The van der Waals surface area contributed by atoms with Crippen LogP contribution in [0.5, 0.6) is 5.75 Å². The lowest BCUT2D eigenvalue weighted by Gasteiger charge is -2.36. The number of aliphatic hydroxyl groups is 1. The number of amides is 3. The third-order valence-electron chi connectivity index (χ3n) is 12.2. The van der Waals surface area contributed by atoms with Crippen molar-refractivity contribution >= 4 is 40.2 Å². The highest BCUT2D eigenvalue weighted by molar-refractivity contribution is 7.13. The molecule has 1 fully saturated rings. The number of aliphatic hydroxyl groups excluding tert-OH is 1. The van der Waals surface area contributed by atoms with E-state index in [0.717, 1.165) is 45.0 Å². The number of nitrogens with one attached hydrogen (secondary N) is 2. The molecule has 13 nitrogen and oxygen atoms in total. The van der Waals surface area contributed by atoms with Gasteiger partial charge in [-0.2, -0.15) is 0 Å². The molecule has 0 spiro atoms. The van der Waals surface area contributed by atoms with Gasteiger partial charge in [-0.05, 0) is 76.3 Å². The van der Waals surface area contributed by atoms with E-state index in [1.807, 2.05) is 86.6 Å². The van der Waals surface area contributed by atoms with E-state index in [9.17, 15) is 19.5 Å². The van der Waals surface area contributed by atoms with Gasteiger partial charge in [-0.15, -0.1) is 11.3 Å². The molecule has 3 atom stereocenters. The van der Waals surface area contributed by atoms with Crippen molar-refractivity contribution in [3.63, 3.8) is 0 Å². The molecule has 1 saturated heterocycles. The number of carbonyl (C=O) groups is 3. The van der Waals surface area contributed by atoms with E-state index in [0.29, 0.717) is 39.2 Å². The summed E-state index contributed by atoms with van der Waals surface area (Å²) in [7, 11) is 1.72. The fourth-order valence-electron chi connectivity index (χ4n) is 8.22. The van der Waals surface area contributed by atoms with Gasteiger partial charge < -0.3 is 39.6 Å². The second kappa shape index (κ2) is 26.3. The van der Waals surface area contributed by atoms with Gasteiger partial charge in [-0.3, -0.25) is 19.3 Å². The lowest BCUT2D eigenvalue weighted by atomic mass is 9.86. The number of likely N-dealkylation sites (N-methyl/N-ethyl adjacent to an activating group) is 1. The van der Waals surface area contributed by atoms with Crippen LogP contribution < -0.4 is 15.4 Å². The van der Waals surface area contributed by atoms with Crippen LogP contribution in [0.25, 0.3) is 21.6 Å². The summed E-state index contributed by atoms with van der Waals surface area (Å²) < 4.78 is 22.8. The molecular weight excluding hydrogens is 891 g/mol. The molecular formula is C55H69N5O8S. The fraction of sp³-hybridized carbons (Fsp3) is 0.418. The smallest absolute Gasteiger partial charge is 0.248 e. The molecule has 0 bridgehead atoms. The Kier molecular flexibility index (Phi) is 20.1. The minimum Gasteiger partial charge on any atom is -0.492 e. The Morgan fingerprint density at radius 3 is 2.07 bits per heavy atom. The van der Waals surface area contributed by atoms with E-state index in [-0.39, 0.29) is 68.8 Å². The first-order chi connectivity index (χ1) is 33.3. The van der Waals surface area contributed by atoms with Crippen molar-refractivity contribution in [2.24, 2.45) is 5.41 Å². The average molecular weight is 960 g/mol. The Morgan fingerprint density at radius 2 is 1.45 bits per heavy atom. The number of hydrogen-bond donors (Lipinski definition) is 3. The molecule has 1 aliphatic rings. The molecule has 0 aliphatic carbocycles. The van der Waals surface area contributed by atoms with E-state index < -0.39 is 12.1 Å². The molecule has 368 valence electrons. The lowest BCUT2D eigenvalue weighted by molar-refractivity contribution is -0.135. The number of carbonyl (C=O) groups excluding carboxylic acids is 3. The number of aromatic nitrogens is 1. The summed E-state index contributed by atoms with van der Waals surface area (Å²) in [6, 6.07) is 36.3. The van der Waals surface area contributed by atoms with Gasteiger partial charge in [0, 0.05) is 32.7 Å². The molecule has 14 heteroatoms. The normalized spacial score (nSPS) is 15.9. The number of likely N-dealkylation sites (tertiary alicyclic amines) is 1. The van der Waals surface area contributed by atoms with Crippen LogP contribution in [0.1, 0.15) is 68.5 Å². The van der Waals surface area contributed by atoms with Gasteiger partial charge in [0.25, 0.3) is 0 Å². The van der Waals surface area contributed by atoms with Crippen molar-refractivity contribution in [2.75, 3.05) is 72.9 Å². The van der Waals surface area contributed by atoms with E-state index in [1.54, 1.807) is 23.3 Å². The third-order valence-corrected chi connectivity index (χ3v) is 13.2. The summed E-state index contributed by atoms with van der Waals surface area (Å²) >= 11 is 1.60. The maximum Gasteiger partial charge on any atom is 0.248 e. The zero-order valence-corrected chi connectivity index (χ0v) is 41.8. The zero-order chi connectivity index (χ0) is 49.2. The molecule has 0 saturated carbocycles. The van der Waals surface area contributed by atoms with E-state index in [2.05, 4.69) is 83.2 Å². The van der Waals surface area contributed by atoms with Crippen LogP contribution >= 0.6 is 11.3 Å². The van der Waals surface area contributed by atoms with Crippen molar-refractivity contribution < 1.29 is 38.4 Å². The van der Waals surface area contributed by atoms with Crippen LogP contribution in [-0.2, 0) is 35.1 Å². The number of thiazole rings is 1. The number of nitrogens with zero attached hydrogens (tertiary/aromatic N) is 3. The monoisotopic (exact) mass is 959 g/mol. The second-order valence-corrected chi connectivity index (χ2v) is 19.2. The van der Waals surface area contributed by atoms with Crippen molar-refractivity contribution in [1.82, 2.24) is 25.4 Å². The maximum atomic E-state index is 13.4. The summed E-state index contributed by atoms with van der Waals surface area (Å²) in [5.41, 5.74) is 10.5. The molecule has 1 aliphatic heterocycles. The van der Waals surface area contributed by atoms with Gasteiger partial charge in [-0.25, -0.2) is 4.98 Å². The van der Waals surface area contributed by atoms with Crippen LogP contribution in [0.3, 0.4) is 0 Å². The molecule has 3 N–H and O–H groups in total. The van der Waals surface area contributed by atoms with E-state index in [1.165, 1.54) is 16.7 Å². The Bertz CT molecular complexity index is 2400. The topological polar surface area (TPSA) is 152 Å². The van der Waals surface area contributed by atoms with Crippen LogP contribution in [0.2, 0.25) is 0 Å². The van der Waals surface area contributed by atoms with Crippen molar-refractivity contribution in [3.05, 3.63) is 143 Å². The Morgan fingerprint density at radius 1 is 0.826 bits per heavy atom. The largest absolute Gasteiger partial charge is 0.492 e. The minimum absolute atomic E-state index is 0.0824. The molecule has 69 heavy (non-hydrogen) atoms. The summed E-state index contributed by atoms with van der Waals surface area (Å²) in [5, 5.41) is 16.7. The Balaban J connectivity index is 0.835. The summed E-state index contributed by atoms with van der Waals surface area (Å²) in [6.45, 7) is 12.8. The van der Waals surface area contributed by atoms with E-state index in [4.69, 9.17) is 18.9 Å². The number of aryl methyl sites for hydroxylation is 1. The first-order valence-corrected chi connectivity index (χ1v) is 24.7. The van der Waals surface area contributed by atoms with Crippen LogP contribution in [-0.4, -0.2) is 129 Å². The Hall–Kier alpha value is -5.74. The van der Waals surface area contributed by atoms with Crippen LogP contribution in [0.15, 0.2) is 115 Å². The van der Waals surface area contributed by atoms with Gasteiger partial charge in [0.05, 0.1) is 61.2 Å². The zero-order valence-electron chi connectivity index (χ0n) is 40.9. The van der Waals surface area contributed by atoms with Crippen LogP contribution in [0, 0.1) is 12.3 Å². The summed E-state index contributed by atoms with van der Waals surface area (Å²) in [5.74, 6) is 0.125. The van der Waals surface area contributed by atoms with Crippen molar-refractivity contribution in [3.8, 4) is 16.2 Å². The van der Waals surface area contributed by atoms with E-state index >= 15 is 0 Å². The number of benzene rings is 4. The minimum atomic E-state index is -0.645. The fourth-order valence-corrected chi connectivity index (χ4v) is 9.03. The SMILES string of the molecule is CC/C(=C(\c1ccccc1)c1ccc(OCCN(C)C(=O)COCCOCCOCC(=O)N[C@H](CN2C[C@H](O)C[C@H]2C(=O)NCc2ccc(-c3scnc3C)cc2)C(C)(C)C)cc1)c1ccccc1. The predicted octanol–water partition coefficient (Wildman–Crippen LogP) is 7.66. The van der Waals surface area contributed by atoms with Gasteiger partial charge in [0.15, 0.2) is 0 Å². The molecule has 3 amide bonds. The summed E-state index contributed by atoms with van der Waals surface area (Å²) in [6.07, 6.45) is 0.557. The summed E-state index contributed by atoms with van der Waals surface area (Å²) in [4.78, 5) is 48.2. The number of ether oxygens (including phenoxy) is 4. The molecule has 1 aromatic heterocycles. The highest BCUT2D eigenvalue weighted by atomic mass is 32.1. The second-order valence-electron chi connectivity index (χ2n) is 18.4. The van der Waals surface area contributed by atoms with Gasteiger partial charge in [-0.1, -0.05) is 125 Å². The molecule has 4 aromatic carbocycles. The number of hydrogen-bond acceptors (Lipinski definition) is 11. The highest BCUT2D eigenvalue weighted by Gasteiger charge is 2.39. The highest BCUT2D eigenvalue weighted by Crippen LogP contribution is 2.35. The maximum absolute atomic E-state index is 13.4. The van der Waals surface area contributed by atoms with Crippen molar-refractivity contribution in [2.45, 2.75) is 72.2 Å². The molecule has 6 rings (SSSR count). The first kappa shape index (κ1) is 52.6. The third kappa shape index (κ3) is 15.9. The number of β-amino-alcohol motifs (C(OH)–C–C–N with tert-alkyl or cyclic N) is 1. The predicted molar refractivity (Wildman–Crippen MR) is 273 cm³/mol. The number of allylic oxidation sites excluding steroid dienone is 1. The molecule has 2 heterocycles. The lowest BCUT2D eigenvalue weighted by Crippen LogP contribution is -2.54. The van der Waals surface area contributed by atoms with Crippen LogP contribution in [0.4, 0.5) is 0 Å². The first-order valence-electron chi connectivity index (χ1n) is 23.8. The Labute approximate surface area is 411 Å².